The molecule has 1 aromatic heterocycles. The normalized spacial score (nSPS) is 9.42. The molecule has 0 fully saturated rings. The molecule has 0 unspecified atom stereocenters. The number of amides is 1. The van der Waals surface area contributed by atoms with Crippen LogP contribution in [-0.4, -0.2) is 27.2 Å². The van der Waals surface area contributed by atoms with Crippen LogP contribution < -0.4 is 5.32 Å². The second-order valence-electron chi connectivity index (χ2n) is 1.89. The molecule has 2 N–H and O–H groups in total. The van der Waals surface area contributed by atoms with E-state index in [4.69, 9.17) is 5.11 Å². The Balaban J connectivity index is 2.64. The van der Waals surface area contributed by atoms with Crippen LogP contribution in [-0.2, 0) is 9.59 Å². The molecule has 1 heterocycles. The maximum absolute atomic E-state index is 10.5. The van der Waals surface area contributed by atoms with E-state index in [0.29, 0.717) is 5.01 Å². The third-order valence-corrected chi connectivity index (χ3v) is 1.69. The van der Waals surface area contributed by atoms with Crippen molar-refractivity contribution in [2.45, 2.75) is 6.92 Å². The van der Waals surface area contributed by atoms with Gasteiger partial charge in [-0.3, -0.25) is 10.1 Å². The summed E-state index contributed by atoms with van der Waals surface area (Å²) < 4.78 is 0. The zero-order valence-corrected chi connectivity index (χ0v) is 6.88. The van der Waals surface area contributed by atoms with Crippen LogP contribution in [0.2, 0.25) is 0 Å². The number of nitrogens with one attached hydrogen (secondary N) is 1. The van der Waals surface area contributed by atoms with Crippen LogP contribution in [0.4, 0.5) is 5.13 Å². The summed E-state index contributed by atoms with van der Waals surface area (Å²) in [5.74, 6) is -2.64. The topological polar surface area (TPSA) is 92.2 Å². The highest BCUT2D eigenvalue weighted by Crippen LogP contribution is 2.12. The van der Waals surface area contributed by atoms with Gasteiger partial charge < -0.3 is 5.11 Å². The number of carboxylic acids is 1. The monoisotopic (exact) mass is 187 g/mol. The van der Waals surface area contributed by atoms with Crippen molar-refractivity contribution in [2.24, 2.45) is 0 Å². The van der Waals surface area contributed by atoms with E-state index in [1.54, 1.807) is 6.92 Å². The molecule has 0 aliphatic heterocycles. The summed E-state index contributed by atoms with van der Waals surface area (Å²) >= 11 is 1.12. The number of rotatable bonds is 1. The van der Waals surface area contributed by atoms with Gasteiger partial charge in [-0.2, -0.15) is 0 Å². The second kappa shape index (κ2) is 3.26. The standard InChI is InChI=1S/C5H5N3O3S/c1-2-7-8-5(12-2)6-3(9)4(10)11/h1H3,(H,10,11)(H,6,8,9). The van der Waals surface area contributed by atoms with Gasteiger partial charge in [0.25, 0.3) is 0 Å². The van der Waals surface area contributed by atoms with Crippen molar-refractivity contribution in [2.75, 3.05) is 5.32 Å². The highest BCUT2D eigenvalue weighted by molar-refractivity contribution is 7.15. The molecule has 0 aliphatic carbocycles. The Bertz CT molecular complexity index is 321. The third-order valence-electron chi connectivity index (χ3n) is 0.941. The molecular formula is C5H5N3O3S. The fourth-order valence-corrected chi connectivity index (χ4v) is 1.08. The molecule has 6 nitrogen and oxygen atoms in total. The first kappa shape index (κ1) is 8.60. The molecule has 0 spiro atoms. The molecule has 1 aromatic rings. The van der Waals surface area contributed by atoms with Gasteiger partial charge >= 0.3 is 11.9 Å². The minimum absolute atomic E-state index is 0.194. The summed E-state index contributed by atoms with van der Waals surface area (Å²) in [5, 5.41) is 18.2. The molecule has 7 heteroatoms. The number of aliphatic carboxylic acids is 1. The molecule has 0 radical (unpaired) electrons. The van der Waals surface area contributed by atoms with Gasteiger partial charge in [-0.25, -0.2) is 4.79 Å². The maximum Gasteiger partial charge on any atom is 0.394 e. The number of nitrogens with zero attached hydrogens (tertiary/aromatic N) is 2. The molecule has 0 saturated carbocycles. The van der Waals surface area contributed by atoms with Gasteiger partial charge in [-0.1, -0.05) is 11.3 Å². The zero-order chi connectivity index (χ0) is 9.14. The first-order chi connectivity index (χ1) is 5.59. The number of hydrogen-bond acceptors (Lipinski definition) is 5. The van der Waals surface area contributed by atoms with Crippen LogP contribution >= 0.6 is 11.3 Å². The van der Waals surface area contributed by atoms with Crippen molar-refractivity contribution in [3.63, 3.8) is 0 Å². The molecule has 1 rings (SSSR count). The molecule has 0 saturated heterocycles. The molecular weight excluding hydrogens is 182 g/mol. The Morgan fingerprint density at radius 2 is 2.17 bits per heavy atom. The van der Waals surface area contributed by atoms with Crippen LogP contribution in [0.5, 0.6) is 0 Å². The van der Waals surface area contributed by atoms with Crippen molar-refractivity contribution in [1.29, 1.82) is 0 Å². The SMILES string of the molecule is Cc1nnc(NC(=O)C(=O)O)s1. The van der Waals surface area contributed by atoms with Crippen molar-refractivity contribution < 1.29 is 14.7 Å². The highest BCUT2D eigenvalue weighted by Gasteiger charge is 2.12. The van der Waals surface area contributed by atoms with Gasteiger partial charge in [-0.15, -0.1) is 10.2 Å². The highest BCUT2D eigenvalue weighted by atomic mass is 32.1. The van der Waals surface area contributed by atoms with Gasteiger partial charge in [0.2, 0.25) is 5.13 Å². The Hall–Kier alpha value is -1.50. The average molecular weight is 187 g/mol. The Kier molecular flexibility index (Phi) is 2.34. The molecule has 0 aromatic carbocycles. The van der Waals surface area contributed by atoms with Crippen LogP contribution in [0.3, 0.4) is 0 Å². The van der Waals surface area contributed by atoms with E-state index in [-0.39, 0.29) is 5.13 Å². The predicted molar refractivity (Wildman–Crippen MR) is 40.9 cm³/mol. The number of aromatic nitrogens is 2. The van der Waals surface area contributed by atoms with Crippen LogP contribution in [0.1, 0.15) is 5.01 Å². The third kappa shape index (κ3) is 1.99. The minimum atomic E-state index is -1.54. The van der Waals surface area contributed by atoms with Gasteiger partial charge in [0.05, 0.1) is 0 Å². The summed E-state index contributed by atoms with van der Waals surface area (Å²) in [6, 6.07) is 0. The lowest BCUT2D eigenvalue weighted by Gasteiger charge is -1.92. The molecule has 0 aliphatic rings. The van der Waals surface area contributed by atoms with Crippen molar-refractivity contribution >= 4 is 28.3 Å². The fraction of sp³-hybridized carbons (Fsp3) is 0.200. The summed E-state index contributed by atoms with van der Waals surface area (Å²) in [5.41, 5.74) is 0. The Morgan fingerprint density at radius 3 is 2.58 bits per heavy atom. The van der Waals surface area contributed by atoms with Gasteiger partial charge in [0.1, 0.15) is 5.01 Å². The van der Waals surface area contributed by atoms with E-state index in [1.165, 1.54) is 0 Å². The zero-order valence-electron chi connectivity index (χ0n) is 6.07. The van der Waals surface area contributed by atoms with E-state index < -0.39 is 11.9 Å². The second-order valence-corrected chi connectivity index (χ2v) is 3.07. The lowest BCUT2D eigenvalue weighted by molar-refractivity contribution is -0.147. The van der Waals surface area contributed by atoms with Crippen molar-refractivity contribution in [3.8, 4) is 0 Å². The first-order valence-corrected chi connectivity index (χ1v) is 3.75. The Labute approximate surface area is 71.2 Å². The van der Waals surface area contributed by atoms with Crippen molar-refractivity contribution in [3.05, 3.63) is 5.01 Å². The maximum atomic E-state index is 10.5. The minimum Gasteiger partial charge on any atom is -0.474 e. The molecule has 1 amide bonds. The summed E-state index contributed by atoms with van der Waals surface area (Å²) in [6.45, 7) is 1.70. The average Bonchev–Trinajstić information content (AvgIpc) is 2.35. The smallest absolute Gasteiger partial charge is 0.394 e. The Morgan fingerprint density at radius 1 is 1.50 bits per heavy atom. The van der Waals surface area contributed by atoms with Crippen LogP contribution in [0.25, 0.3) is 0 Å². The summed E-state index contributed by atoms with van der Waals surface area (Å²) in [7, 11) is 0. The number of carbonyl (C=O) groups is 2. The van der Waals surface area contributed by atoms with E-state index in [2.05, 4.69) is 15.5 Å². The first-order valence-electron chi connectivity index (χ1n) is 2.94. The lowest BCUT2D eigenvalue weighted by atomic mass is 10.6. The number of anilines is 1. The quantitative estimate of drug-likeness (QED) is 0.597. The number of aryl methyl sites for hydroxylation is 1. The fourth-order valence-electron chi connectivity index (χ4n) is 0.498. The van der Waals surface area contributed by atoms with Gasteiger partial charge in [0, 0.05) is 0 Å². The van der Waals surface area contributed by atoms with E-state index in [0.717, 1.165) is 11.3 Å². The molecule has 12 heavy (non-hydrogen) atoms. The molecule has 64 valence electrons. The number of carboxylic acid groups (broad SMARTS) is 1. The van der Waals surface area contributed by atoms with E-state index >= 15 is 0 Å². The van der Waals surface area contributed by atoms with Crippen molar-refractivity contribution in [1.82, 2.24) is 10.2 Å². The molecule has 0 atom stereocenters. The van der Waals surface area contributed by atoms with E-state index in [9.17, 15) is 9.59 Å². The predicted octanol–water partition coefficient (Wildman–Crippen LogP) is -0.130. The number of hydrogen-bond donors (Lipinski definition) is 2. The van der Waals surface area contributed by atoms with Gasteiger partial charge in [-0.05, 0) is 6.92 Å². The lowest BCUT2D eigenvalue weighted by Crippen LogP contribution is -2.21. The molecule has 0 bridgehead atoms. The summed E-state index contributed by atoms with van der Waals surface area (Å²) in [6.07, 6.45) is 0. The largest absolute Gasteiger partial charge is 0.474 e. The summed E-state index contributed by atoms with van der Waals surface area (Å²) in [4.78, 5) is 20.6. The van der Waals surface area contributed by atoms with E-state index in [1.807, 2.05) is 0 Å². The van der Waals surface area contributed by atoms with Gasteiger partial charge in [0.15, 0.2) is 0 Å². The number of carbonyl (C=O) groups excluding carboxylic acids is 1. The van der Waals surface area contributed by atoms with Crippen LogP contribution in [0.15, 0.2) is 0 Å². The van der Waals surface area contributed by atoms with Crippen LogP contribution in [0, 0.1) is 6.92 Å².